The summed E-state index contributed by atoms with van der Waals surface area (Å²) in [6, 6.07) is 0. The van der Waals surface area contributed by atoms with Crippen molar-refractivity contribution >= 4 is 31.6 Å². The number of carbonyl (C=O) groups is 4. The molecule has 2 atom stereocenters. The first kappa shape index (κ1) is 57.1. The van der Waals surface area contributed by atoms with Crippen molar-refractivity contribution in [3.8, 4) is 0 Å². The molecule has 0 bridgehead atoms. The third-order valence-corrected chi connectivity index (χ3v) is 10.4. The molecule has 0 aliphatic rings. The van der Waals surface area contributed by atoms with Gasteiger partial charge in [-0.1, -0.05) is 168 Å². The summed E-state index contributed by atoms with van der Waals surface area (Å²) in [5.41, 5.74) is 0. The van der Waals surface area contributed by atoms with Crippen molar-refractivity contribution in [1.29, 1.82) is 0 Å². The second-order valence-corrected chi connectivity index (χ2v) is 16.1. The average molecular weight is 826 g/mol. The second-order valence-electron chi connectivity index (χ2n) is 14.7. The van der Waals surface area contributed by atoms with Gasteiger partial charge in [-0.2, -0.15) is 0 Å². The number of hydrogen-bond donors (Lipinski definition) is 1. The van der Waals surface area contributed by atoms with Gasteiger partial charge in [-0.3, -0.25) is 23.7 Å². The summed E-state index contributed by atoms with van der Waals surface area (Å²) in [5, 5.41) is 2.40. The van der Waals surface area contributed by atoms with Crippen LogP contribution in [0.2, 0.25) is 0 Å². The van der Waals surface area contributed by atoms with E-state index in [-0.39, 0.29) is 68.4 Å². The van der Waals surface area contributed by atoms with Crippen molar-refractivity contribution in [3.05, 3.63) is 7.11 Å². The number of carbonyl (C=O) groups excluding carboxylic acids is 4. The van der Waals surface area contributed by atoms with Crippen LogP contribution >= 0.6 is 7.82 Å². The van der Waals surface area contributed by atoms with Crippen molar-refractivity contribution < 1.29 is 81.5 Å². The molecular weight excluding hydrogens is 748 g/mol. The fraction of sp³-hybridized carbons (Fsp3) is 0.881. The number of esters is 3. The topological polar surface area (TPSA) is 167 Å². The molecule has 14 heteroatoms. The minimum absolute atomic E-state index is 0. The molecule has 1 amide bonds. The number of ether oxygens (including phenoxy) is 3. The Labute approximate surface area is 362 Å². The fourth-order valence-corrected chi connectivity index (χ4v) is 6.85. The van der Waals surface area contributed by atoms with Crippen molar-refractivity contribution in [2.45, 2.75) is 213 Å². The maximum atomic E-state index is 12.6. The molecule has 0 aromatic rings. The van der Waals surface area contributed by atoms with E-state index in [1.165, 1.54) is 116 Å². The molecule has 2 radical (unpaired) electrons. The fourth-order valence-electron chi connectivity index (χ4n) is 6.12. The number of hydrogen-bond acceptors (Lipinski definition) is 11. The van der Waals surface area contributed by atoms with Crippen LogP contribution in [0.4, 0.5) is 0 Å². The van der Waals surface area contributed by atoms with E-state index in [9.17, 15) is 28.6 Å². The first-order valence-corrected chi connectivity index (χ1v) is 23.2. The molecular formula is C42H77NNaO11P. The van der Waals surface area contributed by atoms with Crippen molar-refractivity contribution in [2.24, 2.45) is 0 Å². The van der Waals surface area contributed by atoms with E-state index in [0.717, 1.165) is 38.5 Å². The number of nitrogens with one attached hydrogen (secondary N) is 1. The van der Waals surface area contributed by atoms with Gasteiger partial charge in [-0.25, -0.2) is 0 Å². The van der Waals surface area contributed by atoms with Crippen LogP contribution in [-0.4, -0.2) is 56.3 Å². The normalized spacial score (nSPS) is 12.6. The molecule has 0 aromatic heterocycles. The zero-order chi connectivity index (χ0) is 40.7. The summed E-state index contributed by atoms with van der Waals surface area (Å²) < 4.78 is 36.9. The Kier molecular flexibility index (Phi) is 42.9. The Morgan fingerprint density at radius 3 is 1.39 bits per heavy atom. The Balaban J connectivity index is 0. The minimum atomic E-state index is -4.85. The van der Waals surface area contributed by atoms with Gasteiger partial charge in [0.05, 0.1) is 19.6 Å². The molecule has 0 saturated heterocycles. The maximum Gasteiger partial charge on any atom is 1.00 e. The Morgan fingerprint density at radius 1 is 0.554 bits per heavy atom. The van der Waals surface area contributed by atoms with Gasteiger partial charge in [-0.05, 0) is 12.8 Å². The van der Waals surface area contributed by atoms with Crippen molar-refractivity contribution in [1.82, 2.24) is 5.32 Å². The quantitative estimate of drug-likeness (QED) is 0.0221. The Bertz CT molecular complexity index is 1000. The predicted octanol–water partition coefficient (Wildman–Crippen LogP) is 7.02. The summed E-state index contributed by atoms with van der Waals surface area (Å²) in [6.07, 6.45) is 29.6. The second kappa shape index (κ2) is 42.1. The third-order valence-electron chi connectivity index (χ3n) is 9.48. The summed E-state index contributed by atoms with van der Waals surface area (Å²) in [4.78, 5) is 60.3. The van der Waals surface area contributed by atoms with Crippen LogP contribution < -0.4 is 39.8 Å². The van der Waals surface area contributed by atoms with E-state index in [1.54, 1.807) is 0 Å². The van der Waals surface area contributed by atoms with Gasteiger partial charge < -0.3 is 33.5 Å². The van der Waals surface area contributed by atoms with Gasteiger partial charge in [0.15, 0.2) is 13.2 Å². The molecule has 12 nitrogen and oxygen atoms in total. The molecule has 0 aliphatic carbocycles. The van der Waals surface area contributed by atoms with E-state index in [4.69, 9.17) is 25.6 Å². The summed E-state index contributed by atoms with van der Waals surface area (Å²) >= 11 is 0. The molecule has 0 aliphatic heterocycles. The number of phosphoric ester groups is 1. The third kappa shape index (κ3) is 41.2. The van der Waals surface area contributed by atoms with E-state index < -0.39 is 51.0 Å². The summed E-state index contributed by atoms with van der Waals surface area (Å²) in [5.74, 6) is -2.25. The average Bonchev–Trinajstić information content (AvgIpc) is 3.17. The molecule has 1 N–H and O–H groups in total. The van der Waals surface area contributed by atoms with Gasteiger partial charge in [0, 0.05) is 25.8 Å². The Hall–Kier alpha value is -1.01. The van der Waals surface area contributed by atoms with Crippen LogP contribution in [-0.2, 0) is 47.0 Å². The predicted molar refractivity (Wildman–Crippen MR) is 214 cm³/mol. The van der Waals surface area contributed by atoms with Crippen LogP contribution in [0.3, 0.4) is 0 Å². The van der Waals surface area contributed by atoms with Crippen LogP contribution in [0, 0.1) is 7.11 Å². The van der Waals surface area contributed by atoms with Crippen molar-refractivity contribution in [2.75, 3.05) is 26.4 Å². The molecule has 322 valence electrons. The van der Waals surface area contributed by atoms with Gasteiger partial charge in [0.2, 0.25) is 5.91 Å². The molecule has 0 fully saturated rings. The minimum Gasteiger partial charge on any atom is -0.756 e. The first-order chi connectivity index (χ1) is 26.6. The number of amides is 1. The number of rotatable bonds is 41. The van der Waals surface area contributed by atoms with Crippen LogP contribution in [0.5, 0.6) is 0 Å². The SMILES string of the molecule is [CH]OC(=O)CCC(=O)NCCOP(=O)([O-])OCC(COC(=O)CCCCCCCCCCCCCCC)OC(=O)CCCCCCCCCCCCCCC.[Na+]. The monoisotopic (exact) mass is 826 g/mol. The van der Waals surface area contributed by atoms with E-state index in [2.05, 4.69) is 23.9 Å². The molecule has 0 rings (SSSR count). The zero-order valence-electron chi connectivity index (χ0n) is 35.6. The van der Waals surface area contributed by atoms with Gasteiger partial charge in [0.1, 0.15) is 6.61 Å². The zero-order valence-corrected chi connectivity index (χ0v) is 38.5. The van der Waals surface area contributed by atoms with Gasteiger partial charge in [0.25, 0.3) is 7.82 Å². The summed E-state index contributed by atoms with van der Waals surface area (Å²) in [7, 11) is -0.123. The van der Waals surface area contributed by atoms with Crippen LogP contribution in [0.15, 0.2) is 0 Å². The van der Waals surface area contributed by atoms with E-state index in [1.807, 2.05) is 0 Å². The molecule has 2 unspecified atom stereocenters. The molecule has 0 spiro atoms. The Morgan fingerprint density at radius 2 is 0.964 bits per heavy atom. The van der Waals surface area contributed by atoms with Crippen LogP contribution in [0.25, 0.3) is 0 Å². The maximum absolute atomic E-state index is 12.6. The molecule has 0 aromatic carbocycles. The van der Waals surface area contributed by atoms with Gasteiger partial charge >= 0.3 is 47.5 Å². The molecule has 56 heavy (non-hydrogen) atoms. The van der Waals surface area contributed by atoms with Crippen molar-refractivity contribution in [3.63, 3.8) is 0 Å². The standard InChI is InChI=1S/C42H78NO11P.Na/c1-4-6-8-10-12-14-16-18-20-22-24-26-28-30-41(46)51-36-38(37-53-55(48,49)52-35-34-43-39(44)32-33-40(45)50-3)54-42(47)31-29-27-25-23-21-19-17-15-13-11-9-7-5-2;/h3,38H,4-37H2,1-2H3,(H,43,44)(H,48,49);/q;+1/p-1. The molecule has 0 saturated carbocycles. The number of phosphoric acid groups is 1. The summed E-state index contributed by atoms with van der Waals surface area (Å²) in [6.45, 7) is 2.94. The molecule has 0 heterocycles. The number of unbranched alkanes of at least 4 members (excludes halogenated alkanes) is 24. The smallest absolute Gasteiger partial charge is 0.756 e. The largest absolute Gasteiger partial charge is 1.00 e. The van der Waals surface area contributed by atoms with Gasteiger partial charge in [-0.15, -0.1) is 0 Å². The van der Waals surface area contributed by atoms with Crippen LogP contribution in [0.1, 0.15) is 206 Å². The van der Waals surface area contributed by atoms with E-state index in [0.29, 0.717) is 12.8 Å². The van der Waals surface area contributed by atoms with E-state index >= 15 is 0 Å². The first-order valence-electron chi connectivity index (χ1n) is 21.7.